The SMILES string of the molecule is CCCCCC(N)(N)[P+](=O)c1ccccc1. The molecule has 1 aromatic rings. The minimum absolute atomic E-state index is 0.602. The molecule has 0 aliphatic heterocycles. The summed E-state index contributed by atoms with van der Waals surface area (Å²) in [6, 6.07) is 9.22. The third-order valence-corrected chi connectivity index (χ3v) is 4.30. The highest BCUT2D eigenvalue weighted by molar-refractivity contribution is 7.55. The normalized spacial score (nSPS) is 12.6. The van der Waals surface area contributed by atoms with Crippen LogP contribution in [0.1, 0.15) is 32.6 Å². The zero-order valence-electron chi connectivity index (χ0n) is 9.73. The summed E-state index contributed by atoms with van der Waals surface area (Å²) in [5.74, 6) is 0. The average molecular weight is 239 g/mol. The Morgan fingerprint density at radius 2 is 1.81 bits per heavy atom. The van der Waals surface area contributed by atoms with Gasteiger partial charge in [0, 0.05) is 6.42 Å². The van der Waals surface area contributed by atoms with Gasteiger partial charge in [0.1, 0.15) is 0 Å². The summed E-state index contributed by atoms with van der Waals surface area (Å²) >= 11 is 0. The third kappa shape index (κ3) is 3.67. The van der Waals surface area contributed by atoms with Crippen LogP contribution in [-0.4, -0.2) is 5.40 Å². The van der Waals surface area contributed by atoms with Crippen molar-refractivity contribution in [3.8, 4) is 0 Å². The highest BCUT2D eigenvalue weighted by Gasteiger charge is 2.42. The summed E-state index contributed by atoms with van der Waals surface area (Å²) in [5, 5.41) is -0.342. The zero-order chi connectivity index (χ0) is 12.0. The van der Waals surface area contributed by atoms with Gasteiger partial charge < -0.3 is 0 Å². The first-order valence-electron chi connectivity index (χ1n) is 5.68. The molecular formula is C12H20N2OP+. The Hall–Kier alpha value is -0.760. The van der Waals surface area contributed by atoms with Gasteiger partial charge >= 0.3 is 7.80 Å². The van der Waals surface area contributed by atoms with E-state index in [4.69, 9.17) is 11.5 Å². The number of benzene rings is 1. The smallest absolute Gasteiger partial charge is 0.272 e. The molecule has 0 spiro atoms. The van der Waals surface area contributed by atoms with Crippen molar-refractivity contribution in [3.05, 3.63) is 30.3 Å². The van der Waals surface area contributed by atoms with Gasteiger partial charge in [-0.25, -0.2) is 0 Å². The quantitative estimate of drug-likeness (QED) is 0.454. The molecule has 1 aromatic carbocycles. The van der Waals surface area contributed by atoms with Gasteiger partial charge in [-0.15, -0.1) is 0 Å². The molecule has 0 bridgehead atoms. The molecule has 1 rings (SSSR count). The van der Waals surface area contributed by atoms with Gasteiger partial charge in [-0.1, -0.05) is 42.5 Å². The Balaban J connectivity index is 2.65. The van der Waals surface area contributed by atoms with Gasteiger partial charge in [0.15, 0.2) is 5.30 Å². The number of rotatable bonds is 6. The van der Waals surface area contributed by atoms with E-state index in [1.54, 1.807) is 0 Å². The van der Waals surface area contributed by atoms with E-state index in [-0.39, 0.29) is 0 Å². The zero-order valence-corrected chi connectivity index (χ0v) is 10.6. The summed E-state index contributed by atoms with van der Waals surface area (Å²) in [6.07, 6.45) is 3.72. The second kappa shape index (κ2) is 6.09. The summed E-state index contributed by atoms with van der Waals surface area (Å²) in [4.78, 5) is 0. The first-order valence-corrected chi connectivity index (χ1v) is 6.94. The van der Waals surface area contributed by atoms with E-state index in [2.05, 4.69) is 6.92 Å². The lowest BCUT2D eigenvalue weighted by Crippen LogP contribution is -2.47. The molecule has 0 aliphatic rings. The molecule has 4 N–H and O–H groups in total. The van der Waals surface area contributed by atoms with Crippen LogP contribution in [0.4, 0.5) is 0 Å². The maximum Gasteiger partial charge on any atom is 0.414 e. The maximum atomic E-state index is 12.2. The topological polar surface area (TPSA) is 69.1 Å². The predicted molar refractivity (Wildman–Crippen MR) is 68.9 cm³/mol. The van der Waals surface area contributed by atoms with Gasteiger partial charge in [-0.2, -0.15) is 0 Å². The summed E-state index contributed by atoms with van der Waals surface area (Å²) < 4.78 is 12.2. The van der Waals surface area contributed by atoms with Crippen molar-refractivity contribution in [2.75, 3.05) is 0 Å². The lowest BCUT2D eigenvalue weighted by atomic mass is 10.2. The van der Waals surface area contributed by atoms with Gasteiger partial charge in [0.05, 0.1) is 0 Å². The van der Waals surface area contributed by atoms with Crippen LogP contribution in [0.15, 0.2) is 30.3 Å². The van der Waals surface area contributed by atoms with E-state index in [0.29, 0.717) is 6.42 Å². The third-order valence-electron chi connectivity index (χ3n) is 2.55. The molecule has 0 radical (unpaired) electrons. The molecule has 0 saturated carbocycles. The van der Waals surface area contributed by atoms with Crippen molar-refractivity contribution < 1.29 is 4.57 Å². The first-order chi connectivity index (χ1) is 7.58. The van der Waals surface area contributed by atoms with Crippen molar-refractivity contribution in [1.29, 1.82) is 0 Å². The fourth-order valence-electron chi connectivity index (χ4n) is 1.56. The molecule has 3 nitrogen and oxygen atoms in total. The minimum Gasteiger partial charge on any atom is -0.272 e. The summed E-state index contributed by atoms with van der Waals surface area (Å²) in [6.45, 7) is 2.12. The second-order valence-corrected chi connectivity index (χ2v) is 6.02. The Bertz CT molecular complexity index is 338. The van der Waals surface area contributed by atoms with Crippen LogP contribution in [0.25, 0.3) is 0 Å². The van der Waals surface area contributed by atoms with E-state index in [1.807, 2.05) is 30.3 Å². The van der Waals surface area contributed by atoms with Crippen LogP contribution in [-0.2, 0) is 4.57 Å². The van der Waals surface area contributed by atoms with E-state index in [0.717, 1.165) is 24.6 Å². The van der Waals surface area contributed by atoms with Crippen LogP contribution >= 0.6 is 7.80 Å². The molecule has 88 valence electrons. The number of unbranched alkanes of at least 4 members (excludes halogenated alkanes) is 2. The molecule has 4 heteroatoms. The molecule has 0 aromatic heterocycles. The number of hydrogen-bond donors (Lipinski definition) is 2. The molecule has 0 saturated heterocycles. The van der Waals surface area contributed by atoms with Gasteiger partial charge in [-0.05, 0) is 18.6 Å². The molecule has 1 unspecified atom stereocenters. The van der Waals surface area contributed by atoms with Crippen LogP contribution in [0.3, 0.4) is 0 Å². The largest absolute Gasteiger partial charge is 0.414 e. The van der Waals surface area contributed by atoms with Crippen molar-refractivity contribution in [2.24, 2.45) is 11.5 Å². The van der Waals surface area contributed by atoms with Crippen LogP contribution < -0.4 is 16.8 Å². The Labute approximate surface area is 98.0 Å². The lowest BCUT2D eigenvalue weighted by Gasteiger charge is -2.12. The van der Waals surface area contributed by atoms with Crippen molar-refractivity contribution in [3.63, 3.8) is 0 Å². The average Bonchev–Trinajstić information content (AvgIpc) is 2.29. The highest BCUT2D eigenvalue weighted by Crippen LogP contribution is 2.33. The second-order valence-electron chi connectivity index (χ2n) is 4.08. The summed E-state index contributed by atoms with van der Waals surface area (Å²) in [5.41, 5.74) is 11.9. The number of hydrogen-bond acceptors (Lipinski definition) is 3. The number of nitrogens with two attached hydrogens (primary N) is 2. The lowest BCUT2D eigenvalue weighted by molar-refractivity contribution is 0.495. The highest BCUT2D eigenvalue weighted by atomic mass is 31.1. The fourth-order valence-corrected chi connectivity index (χ4v) is 2.85. The maximum absolute atomic E-state index is 12.2. The monoisotopic (exact) mass is 239 g/mol. The molecule has 0 fully saturated rings. The Morgan fingerprint density at radius 3 is 2.38 bits per heavy atom. The van der Waals surface area contributed by atoms with Gasteiger partial charge in [-0.3, -0.25) is 11.5 Å². The summed E-state index contributed by atoms with van der Waals surface area (Å²) in [7, 11) is -1.73. The van der Waals surface area contributed by atoms with Crippen molar-refractivity contribution >= 4 is 13.1 Å². The standard InChI is InChI=1S/C12H20N2OP/c1-2-3-7-10-12(13,14)16(15)11-8-5-4-6-9-11/h4-6,8-9H,2-3,7,10,13-14H2,1H3/q+1. The Kier molecular flexibility index (Phi) is 5.07. The van der Waals surface area contributed by atoms with Gasteiger partial charge in [0.2, 0.25) is 0 Å². The van der Waals surface area contributed by atoms with E-state index in [1.165, 1.54) is 0 Å². The van der Waals surface area contributed by atoms with Crippen LogP contribution in [0.2, 0.25) is 0 Å². The molecule has 0 amide bonds. The van der Waals surface area contributed by atoms with Crippen LogP contribution in [0.5, 0.6) is 0 Å². The molecule has 0 heterocycles. The molecule has 1 atom stereocenters. The van der Waals surface area contributed by atoms with E-state index in [9.17, 15) is 4.57 Å². The molecule has 0 aliphatic carbocycles. The fraction of sp³-hybridized carbons (Fsp3) is 0.500. The van der Waals surface area contributed by atoms with Crippen LogP contribution in [0, 0.1) is 0 Å². The van der Waals surface area contributed by atoms with Crippen molar-refractivity contribution in [2.45, 2.75) is 38.0 Å². The van der Waals surface area contributed by atoms with Crippen molar-refractivity contribution in [1.82, 2.24) is 0 Å². The molecule has 16 heavy (non-hydrogen) atoms. The molecular weight excluding hydrogens is 219 g/mol. The van der Waals surface area contributed by atoms with E-state index < -0.39 is 13.2 Å². The Morgan fingerprint density at radius 1 is 1.19 bits per heavy atom. The predicted octanol–water partition coefficient (Wildman–Crippen LogP) is 2.29. The first kappa shape index (κ1) is 13.3. The van der Waals surface area contributed by atoms with E-state index >= 15 is 0 Å². The minimum atomic E-state index is -1.73. The van der Waals surface area contributed by atoms with Gasteiger partial charge in [0.25, 0.3) is 5.40 Å².